The van der Waals surface area contributed by atoms with Crippen LogP contribution in [0.1, 0.15) is 49.3 Å². The van der Waals surface area contributed by atoms with E-state index < -0.39 is 0 Å². The number of thiophene rings is 1. The maximum atomic E-state index is 4.92. The first-order valence-electron chi connectivity index (χ1n) is 8.09. The van der Waals surface area contributed by atoms with Crippen molar-refractivity contribution in [2.24, 2.45) is 10.9 Å². The molecule has 2 heterocycles. The molecular weight excluding hydrogens is 296 g/mol. The number of nitrogens with one attached hydrogen (secondary N) is 1. The fourth-order valence-electron chi connectivity index (χ4n) is 3.29. The van der Waals surface area contributed by atoms with Gasteiger partial charge in [-0.15, -0.1) is 11.3 Å². The van der Waals surface area contributed by atoms with Gasteiger partial charge in [-0.2, -0.15) is 0 Å². The van der Waals surface area contributed by atoms with Crippen molar-refractivity contribution in [3.05, 3.63) is 21.9 Å². The standard InChI is InChI=1S/C17H26N2S2/c1-12-6-8-17(9-7-12)11-20-16(19-17)18-13(2)10-15-5-4-14(3)21-15/h4-5,12-13H,6-11H2,1-3H3,(H,18,19). The number of hydrogen-bond acceptors (Lipinski definition) is 3. The molecule has 1 aliphatic carbocycles. The zero-order valence-electron chi connectivity index (χ0n) is 13.3. The van der Waals surface area contributed by atoms with Crippen LogP contribution in [0.25, 0.3) is 0 Å². The number of nitrogens with zero attached hydrogens (tertiary/aromatic N) is 1. The molecule has 0 radical (unpaired) electrons. The van der Waals surface area contributed by atoms with Gasteiger partial charge in [-0.1, -0.05) is 18.7 Å². The van der Waals surface area contributed by atoms with Crippen molar-refractivity contribution < 1.29 is 0 Å². The first kappa shape index (κ1) is 15.4. The first-order chi connectivity index (χ1) is 10.0. The smallest absolute Gasteiger partial charge is 0.157 e. The second kappa shape index (κ2) is 6.33. The summed E-state index contributed by atoms with van der Waals surface area (Å²) in [6.45, 7) is 6.79. The molecule has 1 spiro atoms. The van der Waals surface area contributed by atoms with E-state index in [1.807, 2.05) is 23.1 Å². The van der Waals surface area contributed by atoms with Gasteiger partial charge in [-0.05, 0) is 57.6 Å². The third-order valence-electron chi connectivity index (χ3n) is 4.72. The highest BCUT2D eigenvalue weighted by Gasteiger charge is 2.39. The maximum Gasteiger partial charge on any atom is 0.157 e. The molecule has 1 unspecified atom stereocenters. The van der Waals surface area contributed by atoms with Crippen LogP contribution in [0.5, 0.6) is 0 Å². The Morgan fingerprint density at radius 2 is 2.14 bits per heavy atom. The second-order valence-electron chi connectivity index (χ2n) is 6.88. The molecule has 1 N–H and O–H groups in total. The van der Waals surface area contributed by atoms with Crippen molar-refractivity contribution in [1.82, 2.24) is 5.32 Å². The molecule has 0 aromatic carbocycles. The van der Waals surface area contributed by atoms with E-state index in [9.17, 15) is 0 Å². The molecule has 1 saturated carbocycles. The molecule has 2 nitrogen and oxygen atoms in total. The van der Waals surface area contributed by atoms with Crippen LogP contribution >= 0.6 is 23.1 Å². The molecule has 4 heteroatoms. The van der Waals surface area contributed by atoms with Crippen LogP contribution in [0.3, 0.4) is 0 Å². The first-order valence-corrected chi connectivity index (χ1v) is 9.89. The average Bonchev–Trinajstić information content (AvgIpc) is 3.01. The van der Waals surface area contributed by atoms with Crippen molar-refractivity contribution in [2.45, 2.75) is 64.5 Å². The summed E-state index contributed by atoms with van der Waals surface area (Å²) >= 11 is 3.83. The SMILES string of the molecule is Cc1ccc(CC(C)N=C2NC3(CCC(C)CC3)CS2)s1. The summed E-state index contributed by atoms with van der Waals surface area (Å²) in [4.78, 5) is 7.77. The fourth-order valence-corrected chi connectivity index (χ4v) is 5.62. The van der Waals surface area contributed by atoms with Crippen LogP contribution in [-0.4, -0.2) is 22.5 Å². The predicted octanol–water partition coefficient (Wildman–Crippen LogP) is 4.63. The van der Waals surface area contributed by atoms with E-state index in [0.717, 1.165) is 12.3 Å². The Bertz CT molecular complexity index is 513. The molecule has 21 heavy (non-hydrogen) atoms. The molecule has 1 atom stereocenters. The summed E-state index contributed by atoms with van der Waals surface area (Å²) in [6, 6.07) is 4.83. The van der Waals surface area contributed by atoms with Crippen LogP contribution < -0.4 is 5.32 Å². The largest absolute Gasteiger partial charge is 0.359 e. The van der Waals surface area contributed by atoms with Gasteiger partial charge in [-0.3, -0.25) is 4.99 Å². The minimum Gasteiger partial charge on any atom is -0.359 e. The Morgan fingerprint density at radius 1 is 1.38 bits per heavy atom. The molecule has 2 aliphatic rings. The number of thioether (sulfide) groups is 1. The van der Waals surface area contributed by atoms with Crippen LogP contribution in [-0.2, 0) is 6.42 Å². The molecule has 1 aliphatic heterocycles. The Morgan fingerprint density at radius 3 is 2.81 bits per heavy atom. The highest BCUT2D eigenvalue weighted by Crippen LogP contribution is 2.38. The van der Waals surface area contributed by atoms with Crippen molar-refractivity contribution in [1.29, 1.82) is 0 Å². The Balaban J connectivity index is 1.57. The average molecular weight is 323 g/mol. The van der Waals surface area contributed by atoms with Crippen molar-refractivity contribution >= 4 is 28.3 Å². The van der Waals surface area contributed by atoms with Crippen LogP contribution in [0.4, 0.5) is 0 Å². The molecule has 1 aromatic rings. The van der Waals surface area contributed by atoms with Crippen molar-refractivity contribution in [3.8, 4) is 0 Å². The summed E-state index contributed by atoms with van der Waals surface area (Å²) in [6.07, 6.45) is 6.43. The third kappa shape index (κ3) is 3.84. The molecule has 3 rings (SSSR count). The maximum absolute atomic E-state index is 4.92. The van der Waals surface area contributed by atoms with Crippen molar-refractivity contribution in [3.63, 3.8) is 0 Å². The zero-order chi connectivity index (χ0) is 14.9. The van der Waals surface area contributed by atoms with Gasteiger partial charge >= 0.3 is 0 Å². The number of rotatable bonds is 3. The third-order valence-corrected chi connectivity index (χ3v) is 6.92. The van der Waals surface area contributed by atoms with Gasteiger partial charge in [0.2, 0.25) is 0 Å². The molecule has 1 saturated heterocycles. The topological polar surface area (TPSA) is 24.4 Å². The summed E-state index contributed by atoms with van der Waals surface area (Å²) in [5.41, 5.74) is 0.356. The van der Waals surface area contributed by atoms with Gasteiger partial charge in [-0.25, -0.2) is 0 Å². The predicted molar refractivity (Wildman–Crippen MR) is 95.6 cm³/mol. The van der Waals surface area contributed by atoms with Crippen LogP contribution in [0.2, 0.25) is 0 Å². The van der Waals surface area contributed by atoms with E-state index in [1.54, 1.807) is 0 Å². The minimum absolute atomic E-state index is 0.356. The van der Waals surface area contributed by atoms with Gasteiger partial charge in [0, 0.05) is 27.5 Å². The van der Waals surface area contributed by atoms with Gasteiger partial charge in [0.25, 0.3) is 0 Å². The number of amidine groups is 1. The lowest BCUT2D eigenvalue weighted by Gasteiger charge is -2.35. The Hall–Kier alpha value is -0.480. The van der Waals surface area contributed by atoms with E-state index in [0.29, 0.717) is 11.6 Å². The summed E-state index contributed by atoms with van der Waals surface area (Å²) in [5.74, 6) is 2.12. The zero-order valence-corrected chi connectivity index (χ0v) is 14.9. The molecule has 0 bridgehead atoms. The summed E-state index contributed by atoms with van der Waals surface area (Å²) < 4.78 is 0. The van der Waals surface area contributed by atoms with E-state index in [2.05, 4.69) is 38.2 Å². The molecule has 2 fully saturated rings. The van der Waals surface area contributed by atoms with Gasteiger partial charge in [0.1, 0.15) is 0 Å². The number of aryl methyl sites for hydroxylation is 1. The molecular formula is C17H26N2S2. The van der Waals surface area contributed by atoms with Crippen LogP contribution in [0, 0.1) is 12.8 Å². The number of aliphatic imine (C=N–C) groups is 1. The fraction of sp³-hybridized carbons (Fsp3) is 0.706. The summed E-state index contributed by atoms with van der Waals surface area (Å²) in [7, 11) is 0. The highest BCUT2D eigenvalue weighted by molar-refractivity contribution is 8.14. The van der Waals surface area contributed by atoms with E-state index in [-0.39, 0.29) is 0 Å². The van der Waals surface area contributed by atoms with E-state index in [1.165, 1.54) is 46.4 Å². The molecule has 1 aromatic heterocycles. The normalized spacial score (nSPS) is 32.5. The van der Waals surface area contributed by atoms with Gasteiger partial charge in [0.15, 0.2) is 5.17 Å². The lowest BCUT2D eigenvalue weighted by Crippen LogP contribution is -2.46. The quantitative estimate of drug-likeness (QED) is 0.877. The number of hydrogen-bond donors (Lipinski definition) is 1. The second-order valence-corrected chi connectivity index (χ2v) is 9.21. The lowest BCUT2D eigenvalue weighted by atomic mass is 9.78. The van der Waals surface area contributed by atoms with Crippen molar-refractivity contribution in [2.75, 3.05) is 5.75 Å². The minimum atomic E-state index is 0.356. The van der Waals surface area contributed by atoms with E-state index >= 15 is 0 Å². The van der Waals surface area contributed by atoms with E-state index in [4.69, 9.17) is 4.99 Å². The molecule has 116 valence electrons. The summed E-state index contributed by atoms with van der Waals surface area (Å²) in [5, 5.41) is 4.95. The van der Waals surface area contributed by atoms with Gasteiger partial charge in [0.05, 0.1) is 6.04 Å². The highest BCUT2D eigenvalue weighted by atomic mass is 32.2. The molecule has 0 amide bonds. The van der Waals surface area contributed by atoms with Gasteiger partial charge < -0.3 is 5.32 Å². The lowest BCUT2D eigenvalue weighted by molar-refractivity contribution is 0.250. The Labute approximate surface area is 136 Å². The Kier molecular flexibility index (Phi) is 4.65. The monoisotopic (exact) mass is 322 g/mol. The van der Waals surface area contributed by atoms with Crippen LogP contribution in [0.15, 0.2) is 17.1 Å².